The first-order chi connectivity index (χ1) is 14.6. The number of carbonyl (C=O) groups is 1. The van der Waals surface area contributed by atoms with Gasteiger partial charge < -0.3 is 19.3 Å². The van der Waals surface area contributed by atoms with E-state index >= 15 is 0 Å². The summed E-state index contributed by atoms with van der Waals surface area (Å²) in [5.41, 5.74) is 1.20. The number of anilines is 2. The van der Waals surface area contributed by atoms with Crippen LogP contribution in [0.5, 0.6) is 11.5 Å². The number of sulfone groups is 1. The second kappa shape index (κ2) is 7.36. The number of ether oxygens (including phenoxy) is 2. The summed E-state index contributed by atoms with van der Waals surface area (Å²) in [5.74, 6) is 0.810. The van der Waals surface area contributed by atoms with E-state index in [1.165, 1.54) is 6.20 Å². The van der Waals surface area contributed by atoms with Crippen molar-refractivity contribution < 1.29 is 22.7 Å². The Labute approximate surface area is 175 Å². The van der Waals surface area contributed by atoms with Crippen molar-refractivity contribution in [1.82, 2.24) is 4.90 Å². The summed E-state index contributed by atoms with van der Waals surface area (Å²) in [6, 6.07) is 12.2. The summed E-state index contributed by atoms with van der Waals surface area (Å²) in [7, 11) is -3.92. The maximum absolute atomic E-state index is 13.3. The van der Waals surface area contributed by atoms with Gasteiger partial charge in [0.1, 0.15) is 13.2 Å². The van der Waals surface area contributed by atoms with Crippen molar-refractivity contribution in [2.75, 3.05) is 31.2 Å². The van der Waals surface area contributed by atoms with Crippen molar-refractivity contribution in [3.63, 3.8) is 0 Å². The Balaban J connectivity index is 1.62. The zero-order chi connectivity index (χ0) is 20.7. The van der Waals surface area contributed by atoms with Gasteiger partial charge in [-0.05, 0) is 43.5 Å². The minimum atomic E-state index is -3.92. The van der Waals surface area contributed by atoms with Gasteiger partial charge in [0, 0.05) is 31.0 Å². The highest BCUT2D eigenvalue weighted by atomic mass is 32.2. The molecule has 0 N–H and O–H groups in total. The normalized spacial score (nSPS) is 19.7. The summed E-state index contributed by atoms with van der Waals surface area (Å²) in [6.07, 6.45) is 4.28. The third kappa shape index (κ3) is 3.11. The molecule has 0 saturated carbocycles. The number of nitrogens with zero attached hydrogens (tertiary/aromatic N) is 2. The van der Waals surface area contributed by atoms with E-state index in [4.69, 9.17) is 9.47 Å². The van der Waals surface area contributed by atoms with E-state index in [0.717, 1.165) is 19.3 Å². The number of rotatable bonds is 2. The smallest absolute Gasteiger partial charge is 0.267 e. The molecular weight excluding hydrogens is 404 g/mol. The number of benzene rings is 2. The topological polar surface area (TPSA) is 76.1 Å². The molecule has 3 aliphatic rings. The van der Waals surface area contributed by atoms with E-state index < -0.39 is 15.7 Å². The second-order valence-electron chi connectivity index (χ2n) is 7.52. The summed E-state index contributed by atoms with van der Waals surface area (Å²) >= 11 is 0. The van der Waals surface area contributed by atoms with Crippen molar-refractivity contribution in [3.05, 3.63) is 53.6 Å². The van der Waals surface area contributed by atoms with E-state index in [9.17, 15) is 13.2 Å². The first kappa shape index (κ1) is 19.0. The van der Waals surface area contributed by atoms with E-state index in [0.29, 0.717) is 49.2 Å². The number of para-hydroxylation sites is 1. The van der Waals surface area contributed by atoms with Gasteiger partial charge in [-0.2, -0.15) is 0 Å². The Morgan fingerprint density at radius 2 is 1.63 bits per heavy atom. The highest BCUT2D eigenvalue weighted by Gasteiger charge is 2.38. The molecule has 3 heterocycles. The van der Waals surface area contributed by atoms with Crippen LogP contribution in [0.15, 0.2) is 58.5 Å². The van der Waals surface area contributed by atoms with Gasteiger partial charge in [0.05, 0.1) is 10.6 Å². The predicted octanol–water partition coefficient (Wildman–Crippen LogP) is 3.24. The van der Waals surface area contributed by atoms with Gasteiger partial charge in [-0.25, -0.2) is 8.42 Å². The molecule has 30 heavy (non-hydrogen) atoms. The third-order valence-electron chi connectivity index (χ3n) is 5.61. The van der Waals surface area contributed by atoms with Gasteiger partial charge in [0.2, 0.25) is 9.84 Å². The van der Waals surface area contributed by atoms with E-state index in [1.54, 1.807) is 40.1 Å². The van der Waals surface area contributed by atoms with Crippen molar-refractivity contribution in [2.24, 2.45) is 0 Å². The lowest BCUT2D eigenvalue weighted by atomic mass is 10.1. The largest absolute Gasteiger partial charge is 0.486 e. The number of hydrogen-bond donors (Lipinski definition) is 0. The standard InChI is InChI=1S/C22H22N2O5S/c25-22(23-10-4-1-5-11-23)21-15-24(17-6-2-3-7-20(17)30(21,26)27)16-8-9-18-19(14-16)29-13-12-28-18/h2-3,6-9,14-15H,1,4-5,10-13H2. The minimum Gasteiger partial charge on any atom is -0.486 e. The minimum absolute atomic E-state index is 0.128. The molecule has 0 atom stereocenters. The molecule has 0 unspecified atom stereocenters. The van der Waals surface area contributed by atoms with Gasteiger partial charge in [0.15, 0.2) is 16.4 Å². The number of carbonyl (C=O) groups excluding carboxylic acids is 1. The monoisotopic (exact) mass is 426 g/mol. The van der Waals surface area contributed by atoms with Crippen LogP contribution in [0.4, 0.5) is 11.4 Å². The highest BCUT2D eigenvalue weighted by Crippen LogP contribution is 2.42. The molecule has 2 aromatic carbocycles. The van der Waals surface area contributed by atoms with Gasteiger partial charge in [-0.1, -0.05) is 12.1 Å². The van der Waals surface area contributed by atoms with Gasteiger partial charge in [-0.3, -0.25) is 4.79 Å². The molecule has 0 aliphatic carbocycles. The third-order valence-corrected chi connectivity index (χ3v) is 7.39. The molecule has 1 fully saturated rings. The lowest BCUT2D eigenvalue weighted by molar-refractivity contribution is -0.127. The van der Waals surface area contributed by atoms with Crippen LogP contribution in [-0.4, -0.2) is 45.5 Å². The number of piperidine rings is 1. The van der Waals surface area contributed by atoms with E-state index in [-0.39, 0.29) is 9.80 Å². The number of hydrogen-bond acceptors (Lipinski definition) is 6. The number of amides is 1. The Kier molecular flexibility index (Phi) is 4.66. The van der Waals surface area contributed by atoms with Gasteiger partial charge in [-0.15, -0.1) is 0 Å². The number of fused-ring (bicyclic) bond motifs is 2. The van der Waals surface area contributed by atoms with Crippen LogP contribution in [0.25, 0.3) is 0 Å². The molecule has 5 rings (SSSR count). The summed E-state index contributed by atoms with van der Waals surface area (Å²) in [5, 5.41) is 0. The molecule has 1 saturated heterocycles. The fourth-order valence-electron chi connectivity index (χ4n) is 4.08. The molecule has 8 heteroatoms. The Hall–Kier alpha value is -3.00. The van der Waals surface area contributed by atoms with Crippen LogP contribution in [0, 0.1) is 0 Å². The molecule has 1 amide bonds. The Bertz CT molecular complexity index is 1140. The van der Waals surface area contributed by atoms with Crippen molar-refractivity contribution >= 4 is 27.1 Å². The maximum atomic E-state index is 13.3. The molecule has 0 bridgehead atoms. The molecule has 0 radical (unpaired) electrons. The van der Waals surface area contributed by atoms with E-state index in [2.05, 4.69) is 0 Å². The molecule has 156 valence electrons. The van der Waals surface area contributed by atoms with Crippen LogP contribution in [-0.2, 0) is 14.6 Å². The average Bonchev–Trinajstić information content (AvgIpc) is 2.79. The number of likely N-dealkylation sites (tertiary alicyclic amines) is 1. The van der Waals surface area contributed by atoms with Crippen LogP contribution < -0.4 is 14.4 Å². The zero-order valence-corrected chi connectivity index (χ0v) is 17.2. The molecular formula is C22H22N2O5S. The maximum Gasteiger partial charge on any atom is 0.267 e. The predicted molar refractivity (Wildman–Crippen MR) is 112 cm³/mol. The highest BCUT2D eigenvalue weighted by molar-refractivity contribution is 7.96. The van der Waals surface area contributed by atoms with Crippen LogP contribution in [0.1, 0.15) is 19.3 Å². The lowest BCUT2D eigenvalue weighted by Crippen LogP contribution is -2.39. The van der Waals surface area contributed by atoms with Crippen LogP contribution >= 0.6 is 0 Å². The molecule has 7 nitrogen and oxygen atoms in total. The summed E-state index contributed by atoms with van der Waals surface area (Å²) in [4.78, 5) is 16.5. The Morgan fingerprint density at radius 3 is 2.43 bits per heavy atom. The first-order valence-corrected chi connectivity index (χ1v) is 11.6. The van der Waals surface area contributed by atoms with Crippen molar-refractivity contribution in [2.45, 2.75) is 24.2 Å². The first-order valence-electron chi connectivity index (χ1n) is 10.1. The zero-order valence-electron chi connectivity index (χ0n) is 16.4. The molecule has 2 aromatic rings. The molecule has 0 spiro atoms. The lowest BCUT2D eigenvalue weighted by Gasteiger charge is -2.32. The van der Waals surface area contributed by atoms with E-state index in [1.807, 2.05) is 12.1 Å². The molecule has 0 aromatic heterocycles. The quantitative estimate of drug-likeness (QED) is 0.734. The summed E-state index contributed by atoms with van der Waals surface area (Å²) < 4.78 is 37.9. The second-order valence-corrected chi connectivity index (χ2v) is 9.40. The van der Waals surface area contributed by atoms with Gasteiger partial charge >= 0.3 is 0 Å². The summed E-state index contributed by atoms with van der Waals surface area (Å²) in [6.45, 7) is 2.11. The van der Waals surface area contributed by atoms with Crippen LogP contribution in [0.2, 0.25) is 0 Å². The Morgan fingerprint density at radius 1 is 0.900 bits per heavy atom. The van der Waals surface area contributed by atoms with Crippen molar-refractivity contribution in [3.8, 4) is 11.5 Å². The molecule has 3 aliphatic heterocycles. The fraction of sp³-hybridized carbons (Fsp3) is 0.318. The average molecular weight is 426 g/mol. The van der Waals surface area contributed by atoms with Crippen molar-refractivity contribution in [1.29, 1.82) is 0 Å². The van der Waals surface area contributed by atoms with Crippen LogP contribution in [0.3, 0.4) is 0 Å². The fourth-order valence-corrected chi connectivity index (χ4v) is 5.62. The van der Waals surface area contributed by atoms with Gasteiger partial charge in [0.25, 0.3) is 5.91 Å². The SMILES string of the molecule is O=C(C1=CN(c2ccc3c(c2)OCCO3)c2ccccc2S1(=O)=O)N1CCCCC1.